The van der Waals surface area contributed by atoms with Crippen molar-refractivity contribution in [1.29, 1.82) is 0 Å². The van der Waals surface area contributed by atoms with E-state index in [-0.39, 0.29) is 0 Å². The van der Waals surface area contributed by atoms with Crippen LogP contribution in [0.5, 0.6) is 0 Å². The molecule has 3 nitrogen and oxygen atoms in total. The number of hydrogen-bond acceptors (Lipinski definition) is 3. The monoisotopic (exact) mass is 202 g/mol. The van der Waals surface area contributed by atoms with E-state index in [1.165, 1.54) is 5.56 Å². The van der Waals surface area contributed by atoms with E-state index in [0.29, 0.717) is 6.01 Å². The van der Waals surface area contributed by atoms with Crippen LogP contribution in [0.2, 0.25) is 0 Å². The Balaban J connectivity index is 2.07. The molecular formula is C12H14N2O. The van der Waals surface area contributed by atoms with Crippen LogP contribution in [-0.4, -0.2) is 12.0 Å². The van der Waals surface area contributed by atoms with Gasteiger partial charge in [-0.05, 0) is 12.5 Å². The maximum atomic E-state index is 5.31. The quantitative estimate of drug-likeness (QED) is 0.766. The van der Waals surface area contributed by atoms with Crippen molar-refractivity contribution in [2.45, 2.75) is 13.5 Å². The highest BCUT2D eigenvalue weighted by atomic mass is 16.4. The van der Waals surface area contributed by atoms with Crippen LogP contribution in [0.25, 0.3) is 0 Å². The number of nitrogens with zero attached hydrogens (tertiary/aromatic N) is 2. The summed E-state index contributed by atoms with van der Waals surface area (Å²) < 4.78 is 5.31. The summed E-state index contributed by atoms with van der Waals surface area (Å²) in [5.74, 6) is 0. The van der Waals surface area contributed by atoms with E-state index in [1.807, 2.05) is 37.1 Å². The van der Waals surface area contributed by atoms with Gasteiger partial charge in [-0.25, -0.2) is 0 Å². The topological polar surface area (TPSA) is 29.3 Å². The first-order valence-electron chi connectivity index (χ1n) is 4.93. The number of aryl methyl sites for hydroxylation is 1. The SMILES string of the molecule is Cc1coc(N(C)Cc2ccccc2)n1. The Bertz CT molecular complexity index is 422. The molecule has 0 aliphatic rings. The van der Waals surface area contributed by atoms with Gasteiger partial charge in [0.2, 0.25) is 0 Å². The van der Waals surface area contributed by atoms with Gasteiger partial charge < -0.3 is 9.32 Å². The summed E-state index contributed by atoms with van der Waals surface area (Å²) in [6.07, 6.45) is 1.66. The zero-order chi connectivity index (χ0) is 10.7. The number of oxazole rings is 1. The van der Waals surface area contributed by atoms with Crippen LogP contribution in [0.15, 0.2) is 41.0 Å². The maximum absolute atomic E-state index is 5.31. The largest absolute Gasteiger partial charge is 0.432 e. The van der Waals surface area contributed by atoms with Crippen LogP contribution in [0.3, 0.4) is 0 Å². The first kappa shape index (κ1) is 9.77. The minimum atomic E-state index is 0.663. The average Bonchev–Trinajstić information content (AvgIpc) is 2.66. The molecule has 0 N–H and O–H groups in total. The third-order valence-corrected chi connectivity index (χ3v) is 2.20. The lowest BCUT2D eigenvalue weighted by atomic mass is 10.2. The van der Waals surface area contributed by atoms with Crippen molar-refractivity contribution in [3.63, 3.8) is 0 Å². The Labute approximate surface area is 89.4 Å². The first-order chi connectivity index (χ1) is 7.25. The molecule has 0 aliphatic carbocycles. The van der Waals surface area contributed by atoms with E-state index < -0.39 is 0 Å². The lowest BCUT2D eigenvalue weighted by Crippen LogP contribution is -2.16. The van der Waals surface area contributed by atoms with Crippen molar-refractivity contribution in [2.75, 3.05) is 11.9 Å². The molecule has 78 valence electrons. The molecule has 0 saturated carbocycles. The second kappa shape index (κ2) is 4.17. The molecule has 2 aromatic rings. The number of benzene rings is 1. The Hall–Kier alpha value is -1.77. The highest BCUT2D eigenvalue weighted by molar-refractivity contribution is 5.28. The van der Waals surface area contributed by atoms with Crippen LogP contribution >= 0.6 is 0 Å². The molecule has 0 atom stereocenters. The van der Waals surface area contributed by atoms with Gasteiger partial charge in [0.05, 0.1) is 5.69 Å². The molecule has 0 fully saturated rings. The van der Waals surface area contributed by atoms with Crippen LogP contribution in [0.1, 0.15) is 11.3 Å². The molecule has 1 aromatic heterocycles. The number of rotatable bonds is 3. The number of aromatic nitrogens is 1. The summed E-state index contributed by atoms with van der Waals surface area (Å²) >= 11 is 0. The predicted octanol–water partition coefficient (Wildman–Crippen LogP) is 2.62. The molecule has 0 bridgehead atoms. The lowest BCUT2D eigenvalue weighted by Gasteiger charge is -2.13. The van der Waals surface area contributed by atoms with Crippen molar-refractivity contribution in [1.82, 2.24) is 4.98 Å². The molecule has 2 rings (SSSR count). The van der Waals surface area contributed by atoms with Gasteiger partial charge in [-0.2, -0.15) is 4.98 Å². The first-order valence-corrected chi connectivity index (χ1v) is 4.93. The van der Waals surface area contributed by atoms with E-state index in [2.05, 4.69) is 17.1 Å². The number of hydrogen-bond donors (Lipinski definition) is 0. The Morgan fingerprint density at radius 1 is 1.27 bits per heavy atom. The van der Waals surface area contributed by atoms with Crippen molar-refractivity contribution >= 4 is 6.01 Å². The third-order valence-electron chi connectivity index (χ3n) is 2.20. The summed E-state index contributed by atoms with van der Waals surface area (Å²) in [7, 11) is 1.97. The predicted molar refractivity (Wildman–Crippen MR) is 59.8 cm³/mol. The molecule has 0 amide bonds. The Morgan fingerprint density at radius 3 is 2.60 bits per heavy atom. The molecule has 0 aliphatic heterocycles. The van der Waals surface area contributed by atoms with Gasteiger partial charge in [-0.1, -0.05) is 30.3 Å². The van der Waals surface area contributed by atoms with E-state index >= 15 is 0 Å². The summed E-state index contributed by atoms with van der Waals surface area (Å²) in [5.41, 5.74) is 2.15. The van der Waals surface area contributed by atoms with Crippen LogP contribution < -0.4 is 4.90 Å². The zero-order valence-corrected chi connectivity index (χ0v) is 8.97. The molecule has 1 aromatic carbocycles. The van der Waals surface area contributed by atoms with Gasteiger partial charge in [-0.15, -0.1) is 0 Å². The van der Waals surface area contributed by atoms with Crippen LogP contribution in [0.4, 0.5) is 6.01 Å². The molecule has 0 unspecified atom stereocenters. The van der Waals surface area contributed by atoms with Crippen LogP contribution in [-0.2, 0) is 6.54 Å². The van der Waals surface area contributed by atoms with Gasteiger partial charge in [0.1, 0.15) is 6.26 Å². The van der Waals surface area contributed by atoms with Crippen molar-refractivity contribution in [3.05, 3.63) is 47.9 Å². The molecule has 0 spiro atoms. The zero-order valence-electron chi connectivity index (χ0n) is 8.97. The fourth-order valence-corrected chi connectivity index (χ4v) is 1.44. The fraction of sp³-hybridized carbons (Fsp3) is 0.250. The molecule has 0 saturated heterocycles. The van der Waals surface area contributed by atoms with Crippen molar-refractivity contribution < 1.29 is 4.42 Å². The normalized spacial score (nSPS) is 10.3. The van der Waals surface area contributed by atoms with Gasteiger partial charge in [0.25, 0.3) is 6.01 Å². The minimum Gasteiger partial charge on any atom is -0.432 e. The highest BCUT2D eigenvalue weighted by Gasteiger charge is 2.06. The Morgan fingerprint density at radius 2 is 2.00 bits per heavy atom. The maximum Gasteiger partial charge on any atom is 0.297 e. The second-order valence-corrected chi connectivity index (χ2v) is 3.61. The van der Waals surface area contributed by atoms with Gasteiger partial charge in [-0.3, -0.25) is 0 Å². The summed E-state index contributed by atoms with van der Waals surface area (Å²) in [5, 5.41) is 0. The molecular weight excluding hydrogens is 188 g/mol. The average molecular weight is 202 g/mol. The summed E-state index contributed by atoms with van der Waals surface area (Å²) in [4.78, 5) is 6.25. The molecule has 15 heavy (non-hydrogen) atoms. The third kappa shape index (κ3) is 2.37. The fourth-order valence-electron chi connectivity index (χ4n) is 1.44. The molecule has 0 radical (unpaired) electrons. The Kier molecular flexibility index (Phi) is 2.72. The van der Waals surface area contributed by atoms with Crippen molar-refractivity contribution in [2.24, 2.45) is 0 Å². The highest BCUT2D eigenvalue weighted by Crippen LogP contribution is 2.14. The van der Waals surface area contributed by atoms with E-state index in [4.69, 9.17) is 4.42 Å². The van der Waals surface area contributed by atoms with Gasteiger partial charge in [0.15, 0.2) is 0 Å². The van der Waals surface area contributed by atoms with E-state index in [1.54, 1.807) is 6.26 Å². The minimum absolute atomic E-state index is 0.663. The smallest absolute Gasteiger partial charge is 0.297 e. The summed E-state index contributed by atoms with van der Waals surface area (Å²) in [6.45, 7) is 2.73. The number of anilines is 1. The lowest BCUT2D eigenvalue weighted by molar-refractivity contribution is 0.544. The molecule has 3 heteroatoms. The van der Waals surface area contributed by atoms with E-state index in [0.717, 1.165) is 12.2 Å². The standard InChI is InChI=1S/C12H14N2O/c1-10-9-15-12(13-10)14(2)8-11-6-4-3-5-7-11/h3-7,9H,8H2,1-2H3. The summed E-state index contributed by atoms with van der Waals surface area (Å²) in [6, 6.07) is 10.9. The van der Waals surface area contributed by atoms with Gasteiger partial charge in [0, 0.05) is 13.6 Å². The van der Waals surface area contributed by atoms with E-state index in [9.17, 15) is 0 Å². The van der Waals surface area contributed by atoms with Gasteiger partial charge >= 0.3 is 0 Å². The molecule has 1 heterocycles. The van der Waals surface area contributed by atoms with Crippen LogP contribution in [0, 0.1) is 6.92 Å². The second-order valence-electron chi connectivity index (χ2n) is 3.61. The van der Waals surface area contributed by atoms with Crippen molar-refractivity contribution in [3.8, 4) is 0 Å².